The molecule has 1 amide bonds. The van der Waals surface area contributed by atoms with Gasteiger partial charge in [0, 0.05) is 26.6 Å². The molecule has 1 heterocycles. The topological polar surface area (TPSA) is 92.5 Å². The smallest absolute Gasteiger partial charge is 0.274 e. The van der Waals surface area contributed by atoms with Crippen LogP contribution in [-0.4, -0.2) is 38.9 Å². The lowest BCUT2D eigenvalue weighted by Gasteiger charge is -2.31. The minimum Gasteiger partial charge on any atom is -0.343 e. The van der Waals surface area contributed by atoms with Crippen LogP contribution in [0.3, 0.4) is 0 Å². The van der Waals surface area contributed by atoms with Crippen molar-refractivity contribution in [2.24, 2.45) is 11.1 Å². The van der Waals surface area contributed by atoms with E-state index in [9.17, 15) is 13.2 Å². The van der Waals surface area contributed by atoms with Crippen LogP contribution < -0.4 is 9.86 Å². The second kappa shape index (κ2) is 4.91. The van der Waals surface area contributed by atoms with E-state index in [1.165, 1.54) is 6.92 Å². The number of nitrogens with zero attached hydrogens (tertiary/aromatic N) is 1. The average Bonchev–Trinajstić information content (AvgIpc) is 2.14. The van der Waals surface area contributed by atoms with Crippen LogP contribution in [0.1, 0.15) is 19.8 Å². The number of carbonyl (C=O) groups is 1. The molecule has 0 bridgehead atoms. The lowest BCUT2D eigenvalue weighted by atomic mass is 9.98. The summed E-state index contributed by atoms with van der Waals surface area (Å²) in [6, 6.07) is 0. The fraction of sp³-hybridized carbons (Fsp3) is 0.875. The summed E-state index contributed by atoms with van der Waals surface area (Å²) in [5.41, 5.74) is 0. The molecule has 7 heteroatoms. The summed E-state index contributed by atoms with van der Waals surface area (Å²) in [6.07, 6.45) is 1.84. The van der Waals surface area contributed by atoms with E-state index >= 15 is 0 Å². The zero-order valence-electron chi connectivity index (χ0n) is 8.77. The van der Waals surface area contributed by atoms with Crippen LogP contribution in [0.2, 0.25) is 0 Å². The fourth-order valence-corrected chi connectivity index (χ4v) is 2.22. The Bertz CT molecular complexity index is 328. The highest BCUT2D eigenvalue weighted by molar-refractivity contribution is 7.87. The Kier molecular flexibility index (Phi) is 4.06. The zero-order chi connectivity index (χ0) is 11.5. The van der Waals surface area contributed by atoms with Crippen LogP contribution in [0.4, 0.5) is 0 Å². The van der Waals surface area contributed by atoms with Gasteiger partial charge >= 0.3 is 0 Å². The Morgan fingerprint density at radius 1 is 1.60 bits per heavy atom. The number of carbonyl (C=O) groups excluding carboxylic acids is 1. The van der Waals surface area contributed by atoms with Gasteiger partial charge in [-0.2, -0.15) is 8.42 Å². The second-order valence-corrected chi connectivity index (χ2v) is 5.25. The number of hydrogen-bond acceptors (Lipinski definition) is 3. The van der Waals surface area contributed by atoms with E-state index in [0.717, 1.165) is 19.4 Å². The van der Waals surface area contributed by atoms with E-state index in [1.807, 2.05) is 0 Å². The van der Waals surface area contributed by atoms with Crippen LogP contribution >= 0.6 is 0 Å². The van der Waals surface area contributed by atoms with Gasteiger partial charge in [0.15, 0.2) is 0 Å². The van der Waals surface area contributed by atoms with Crippen molar-refractivity contribution in [2.75, 3.05) is 19.6 Å². The predicted molar refractivity (Wildman–Crippen MR) is 56.1 cm³/mol. The molecule has 1 atom stereocenters. The van der Waals surface area contributed by atoms with E-state index < -0.39 is 10.2 Å². The molecule has 88 valence electrons. The molecular weight excluding hydrogens is 218 g/mol. The van der Waals surface area contributed by atoms with E-state index in [2.05, 4.69) is 4.72 Å². The highest BCUT2D eigenvalue weighted by Gasteiger charge is 2.22. The predicted octanol–water partition coefficient (Wildman–Crippen LogP) is -0.962. The summed E-state index contributed by atoms with van der Waals surface area (Å²) in [5, 5.41) is 4.83. The Morgan fingerprint density at radius 3 is 2.80 bits per heavy atom. The van der Waals surface area contributed by atoms with Crippen LogP contribution in [0.5, 0.6) is 0 Å². The third-order valence-corrected chi connectivity index (χ3v) is 3.11. The number of rotatable bonds is 3. The van der Waals surface area contributed by atoms with Crippen molar-refractivity contribution >= 4 is 16.1 Å². The zero-order valence-corrected chi connectivity index (χ0v) is 9.59. The minimum absolute atomic E-state index is 0.0373. The standard InChI is InChI=1S/C8H17N3O3S/c1-7(12)11-4-2-3-8(6-11)5-10-15(9,13)14/h8,10H,2-6H2,1H3,(H2,9,13,14). The van der Waals surface area contributed by atoms with E-state index in [0.29, 0.717) is 13.1 Å². The molecule has 1 saturated heterocycles. The summed E-state index contributed by atoms with van der Waals surface area (Å²) < 4.78 is 23.6. The van der Waals surface area contributed by atoms with Gasteiger partial charge in [0.1, 0.15) is 0 Å². The van der Waals surface area contributed by atoms with Gasteiger partial charge in [0.2, 0.25) is 5.91 Å². The van der Waals surface area contributed by atoms with Crippen molar-refractivity contribution in [3.63, 3.8) is 0 Å². The van der Waals surface area contributed by atoms with Crippen molar-refractivity contribution in [3.05, 3.63) is 0 Å². The van der Waals surface area contributed by atoms with E-state index in [4.69, 9.17) is 5.14 Å². The average molecular weight is 235 g/mol. The third-order valence-electron chi connectivity index (χ3n) is 2.54. The molecular formula is C8H17N3O3S. The van der Waals surface area contributed by atoms with Crippen molar-refractivity contribution in [1.29, 1.82) is 0 Å². The molecule has 3 N–H and O–H groups in total. The first-order valence-corrected chi connectivity index (χ1v) is 6.46. The highest BCUT2D eigenvalue weighted by Crippen LogP contribution is 2.15. The van der Waals surface area contributed by atoms with Crippen LogP contribution in [0.15, 0.2) is 0 Å². The van der Waals surface area contributed by atoms with Gasteiger partial charge in [-0.3, -0.25) is 4.79 Å². The largest absolute Gasteiger partial charge is 0.343 e. The summed E-state index contributed by atoms with van der Waals surface area (Å²) in [4.78, 5) is 12.8. The number of likely N-dealkylation sites (tertiary alicyclic amines) is 1. The normalized spacial score (nSPS) is 22.8. The van der Waals surface area contributed by atoms with Crippen molar-refractivity contribution in [1.82, 2.24) is 9.62 Å². The Hall–Kier alpha value is -0.660. The first-order chi connectivity index (χ1) is 6.88. The van der Waals surface area contributed by atoms with Gasteiger partial charge in [-0.05, 0) is 18.8 Å². The van der Waals surface area contributed by atoms with E-state index in [1.54, 1.807) is 4.90 Å². The molecule has 1 fully saturated rings. The highest BCUT2D eigenvalue weighted by atomic mass is 32.2. The van der Waals surface area contributed by atoms with Gasteiger partial charge in [0.05, 0.1) is 0 Å². The number of amides is 1. The maximum atomic E-state index is 11.1. The molecule has 0 aliphatic carbocycles. The quantitative estimate of drug-likeness (QED) is 0.659. The van der Waals surface area contributed by atoms with Crippen LogP contribution in [0, 0.1) is 5.92 Å². The molecule has 1 rings (SSSR count). The number of hydrogen-bond donors (Lipinski definition) is 2. The lowest BCUT2D eigenvalue weighted by molar-refractivity contribution is -0.130. The number of nitrogens with two attached hydrogens (primary N) is 1. The van der Waals surface area contributed by atoms with Crippen molar-refractivity contribution < 1.29 is 13.2 Å². The van der Waals surface area contributed by atoms with Crippen LogP contribution in [0.25, 0.3) is 0 Å². The SMILES string of the molecule is CC(=O)N1CCCC(CNS(N)(=O)=O)C1. The molecule has 6 nitrogen and oxygen atoms in total. The van der Waals surface area contributed by atoms with Gasteiger partial charge in [-0.15, -0.1) is 0 Å². The van der Waals surface area contributed by atoms with Gasteiger partial charge in [-0.25, -0.2) is 9.86 Å². The maximum absolute atomic E-state index is 11.1. The maximum Gasteiger partial charge on any atom is 0.274 e. The number of piperidine rings is 1. The van der Waals surface area contributed by atoms with E-state index in [-0.39, 0.29) is 11.8 Å². The van der Waals surface area contributed by atoms with Gasteiger partial charge < -0.3 is 4.90 Å². The fourth-order valence-electron chi connectivity index (χ4n) is 1.75. The van der Waals surface area contributed by atoms with Crippen molar-refractivity contribution in [2.45, 2.75) is 19.8 Å². The first-order valence-electron chi connectivity index (χ1n) is 4.91. The molecule has 0 spiro atoms. The summed E-state index contributed by atoms with van der Waals surface area (Å²) >= 11 is 0. The molecule has 0 saturated carbocycles. The monoisotopic (exact) mass is 235 g/mol. The molecule has 0 aromatic heterocycles. The van der Waals surface area contributed by atoms with Gasteiger partial charge in [-0.1, -0.05) is 0 Å². The minimum atomic E-state index is -3.61. The second-order valence-electron chi connectivity index (χ2n) is 3.87. The third kappa shape index (κ3) is 4.59. The molecule has 15 heavy (non-hydrogen) atoms. The van der Waals surface area contributed by atoms with Crippen LogP contribution in [-0.2, 0) is 15.0 Å². The Balaban J connectivity index is 2.40. The molecule has 1 aliphatic rings. The molecule has 0 aromatic carbocycles. The summed E-state index contributed by atoms with van der Waals surface area (Å²) in [5.74, 6) is 0.205. The molecule has 1 unspecified atom stereocenters. The lowest BCUT2D eigenvalue weighted by Crippen LogP contribution is -2.43. The Labute approximate surface area is 90.0 Å². The summed E-state index contributed by atoms with van der Waals surface area (Å²) in [6.45, 7) is 3.21. The first kappa shape index (κ1) is 12.4. The molecule has 1 aliphatic heterocycles. The van der Waals surface area contributed by atoms with Crippen molar-refractivity contribution in [3.8, 4) is 0 Å². The molecule has 0 radical (unpaired) electrons. The number of nitrogens with one attached hydrogen (secondary N) is 1. The van der Waals surface area contributed by atoms with Gasteiger partial charge in [0.25, 0.3) is 10.2 Å². The molecule has 0 aromatic rings. The Morgan fingerprint density at radius 2 is 2.27 bits per heavy atom. The summed E-state index contributed by atoms with van der Waals surface area (Å²) in [7, 11) is -3.61.